The van der Waals surface area contributed by atoms with Crippen LogP contribution in [-0.2, 0) is 6.54 Å². The molecule has 0 fully saturated rings. The second-order valence-corrected chi connectivity index (χ2v) is 4.35. The highest BCUT2D eigenvalue weighted by atomic mass is 16.3. The molecule has 3 aromatic rings. The van der Waals surface area contributed by atoms with Gasteiger partial charge in [-0.25, -0.2) is 9.78 Å². The van der Waals surface area contributed by atoms with Gasteiger partial charge in [-0.1, -0.05) is 18.2 Å². The van der Waals surface area contributed by atoms with Crippen molar-refractivity contribution in [2.24, 2.45) is 5.73 Å². The SMILES string of the molecule is NC(Cn1cccnc1=O)c1cc2ccccc2o1. The van der Waals surface area contributed by atoms with Gasteiger partial charge >= 0.3 is 5.69 Å². The van der Waals surface area contributed by atoms with Gasteiger partial charge < -0.3 is 10.2 Å². The molecule has 19 heavy (non-hydrogen) atoms. The van der Waals surface area contributed by atoms with E-state index in [-0.39, 0.29) is 11.7 Å². The third kappa shape index (κ3) is 2.28. The molecule has 1 atom stereocenters. The van der Waals surface area contributed by atoms with E-state index in [1.54, 1.807) is 12.3 Å². The number of rotatable bonds is 3. The summed E-state index contributed by atoms with van der Waals surface area (Å²) in [4.78, 5) is 15.2. The molecule has 5 nitrogen and oxygen atoms in total. The second-order valence-electron chi connectivity index (χ2n) is 4.35. The summed E-state index contributed by atoms with van der Waals surface area (Å²) in [7, 11) is 0. The van der Waals surface area contributed by atoms with Gasteiger partial charge in [0, 0.05) is 24.3 Å². The Balaban J connectivity index is 1.90. The highest BCUT2D eigenvalue weighted by Crippen LogP contribution is 2.23. The number of benzene rings is 1. The van der Waals surface area contributed by atoms with Crippen molar-refractivity contribution in [2.75, 3.05) is 0 Å². The molecule has 5 heteroatoms. The van der Waals surface area contributed by atoms with Crippen LogP contribution in [0.3, 0.4) is 0 Å². The molecule has 1 unspecified atom stereocenters. The van der Waals surface area contributed by atoms with Gasteiger partial charge in [0.15, 0.2) is 0 Å². The lowest BCUT2D eigenvalue weighted by Gasteiger charge is -2.09. The van der Waals surface area contributed by atoms with Crippen LogP contribution in [0.25, 0.3) is 11.0 Å². The van der Waals surface area contributed by atoms with Gasteiger partial charge in [-0.15, -0.1) is 0 Å². The Hall–Kier alpha value is -2.40. The van der Waals surface area contributed by atoms with Gasteiger partial charge in [0.25, 0.3) is 0 Å². The first-order chi connectivity index (χ1) is 9.24. The summed E-state index contributed by atoms with van der Waals surface area (Å²) in [6.07, 6.45) is 3.13. The number of fused-ring (bicyclic) bond motifs is 1. The van der Waals surface area contributed by atoms with E-state index in [2.05, 4.69) is 4.98 Å². The standard InChI is InChI=1S/C14H13N3O2/c15-11(9-17-7-3-6-16-14(17)18)13-8-10-4-1-2-5-12(10)19-13/h1-8,11H,9,15H2. The Kier molecular flexibility index (Phi) is 2.89. The van der Waals surface area contributed by atoms with Gasteiger partial charge in [-0.2, -0.15) is 0 Å². The van der Waals surface area contributed by atoms with Crippen molar-refractivity contribution < 1.29 is 4.42 Å². The first-order valence-electron chi connectivity index (χ1n) is 5.99. The molecule has 1 aromatic carbocycles. The van der Waals surface area contributed by atoms with Crippen LogP contribution in [0.4, 0.5) is 0 Å². The fraction of sp³-hybridized carbons (Fsp3) is 0.143. The number of furan rings is 1. The molecule has 96 valence electrons. The fourth-order valence-corrected chi connectivity index (χ4v) is 2.01. The fourth-order valence-electron chi connectivity index (χ4n) is 2.01. The average molecular weight is 255 g/mol. The quantitative estimate of drug-likeness (QED) is 0.772. The highest BCUT2D eigenvalue weighted by Gasteiger charge is 2.13. The molecule has 3 rings (SSSR count). The Morgan fingerprint density at radius 1 is 1.32 bits per heavy atom. The molecule has 0 radical (unpaired) electrons. The summed E-state index contributed by atoms with van der Waals surface area (Å²) >= 11 is 0. The lowest BCUT2D eigenvalue weighted by atomic mass is 10.2. The Morgan fingerprint density at radius 3 is 2.95 bits per heavy atom. The smallest absolute Gasteiger partial charge is 0.347 e. The maximum absolute atomic E-state index is 11.5. The minimum absolute atomic E-state index is 0.311. The topological polar surface area (TPSA) is 74.1 Å². The number of aromatic nitrogens is 2. The molecule has 0 aliphatic rings. The van der Waals surface area contributed by atoms with Crippen molar-refractivity contribution in [2.45, 2.75) is 12.6 Å². The first kappa shape index (κ1) is 11.7. The zero-order valence-electron chi connectivity index (χ0n) is 10.2. The Morgan fingerprint density at radius 2 is 2.16 bits per heavy atom. The molecule has 0 saturated heterocycles. The van der Waals surface area contributed by atoms with Crippen LogP contribution in [-0.4, -0.2) is 9.55 Å². The number of hydrogen-bond acceptors (Lipinski definition) is 4. The van der Waals surface area contributed by atoms with Gasteiger partial charge in [-0.05, 0) is 18.2 Å². The van der Waals surface area contributed by atoms with Gasteiger partial charge in [0.05, 0.1) is 6.04 Å². The molecule has 2 aromatic heterocycles. The van der Waals surface area contributed by atoms with Crippen LogP contribution >= 0.6 is 0 Å². The van der Waals surface area contributed by atoms with E-state index in [1.165, 1.54) is 10.8 Å². The molecular weight excluding hydrogens is 242 g/mol. The lowest BCUT2D eigenvalue weighted by molar-refractivity contribution is 0.448. The van der Waals surface area contributed by atoms with Crippen molar-refractivity contribution >= 4 is 11.0 Å². The number of nitrogens with zero attached hydrogens (tertiary/aromatic N) is 2. The largest absolute Gasteiger partial charge is 0.459 e. The third-order valence-corrected chi connectivity index (χ3v) is 2.99. The molecule has 2 N–H and O–H groups in total. The van der Waals surface area contributed by atoms with Crippen LogP contribution in [0.1, 0.15) is 11.8 Å². The molecule has 0 spiro atoms. The lowest BCUT2D eigenvalue weighted by Crippen LogP contribution is -2.27. The minimum atomic E-state index is -0.380. The summed E-state index contributed by atoms with van der Waals surface area (Å²) in [5.41, 5.74) is 6.57. The number of para-hydroxylation sites is 1. The summed E-state index contributed by atoms with van der Waals surface area (Å²) in [5.74, 6) is 0.664. The van der Waals surface area contributed by atoms with Gasteiger partial charge in [0.2, 0.25) is 0 Å². The van der Waals surface area contributed by atoms with Gasteiger partial charge in [-0.3, -0.25) is 4.57 Å². The maximum Gasteiger partial charge on any atom is 0.347 e. The monoisotopic (exact) mass is 255 g/mol. The molecule has 0 amide bonds. The highest BCUT2D eigenvalue weighted by molar-refractivity contribution is 5.77. The molecular formula is C14H13N3O2. The average Bonchev–Trinajstić information content (AvgIpc) is 2.85. The first-order valence-corrected chi connectivity index (χ1v) is 5.99. The maximum atomic E-state index is 11.5. The van der Waals surface area contributed by atoms with Crippen LogP contribution < -0.4 is 11.4 Å². The Bertz CT molecular complexity index is 727. The second kappa shape index (κ2) is 4.70. The van der Waals surface area contributed by atoms with Crippen molar-refractivity contribution in [1.82, 2.24) is 9.55 Å². The molecule has 0 aliphatic heterocycles. The third-order valence-electron chi connectivity index (χ3n) is 2.99. The summed E-state index contributed by atoms with van der Waals surface area (Å²) < 4.78 is 7.15. The normalized spacial score (nSPS) is 12.7. The van der Waals surface area contributed by atoms with Crippen LogP contribution in [0.15, 0.2) is 58.0 Å². The van der Waals surface area contributed by atoms with Crippen LogP contribution in [0.5, 0.6) is 0 Å². The summed E-state index contributed by atoms with van der Waals surface area (Å²) in [6.45, 7) is 0.340. The number of hydrogen-bond donors (Lipinski definition) is 1. The zero-order chi connectivity index (χ0) is 13.2. The van der Waals surface area contributed by atoms with Crippen LogP contribution in [0, 0.1) is 0 Å². The van der Waals surface area contributed by atoms with E-state index in [1.807, 2.05) is 30.3 Å². The predicted molar refractivity (Wildman–Crippen MR) is 71.6 cm³/mol. The van der Waals surface area contributed by atoms with Crippen molar-refractivity contribution in [3.05, 3.63) is 65.0 Å². The van der Waals surface area contributed by atoms with E-state index >= 15 is 0 Å². The number of nitrogens with two attached hydrogens (primary N) is 1. The molecule has 2 heterocycles. The van der Waals surface area contributed by atoms with Crippen molar-refractivity contribution in [3.8, 4) is 0 Å². The van der Waals surface area contributed by atoms with E-state index in [0.717, 1.165) is 11.0 Å². The van der Waals surface area contributed by atoms with E-state index < -0.39 is 0 Å². The summed E-state index contributed by atoms with van der Waals surface area (Å²) in [5, 5.41) is 1.01. The molecule has 0 saturated carbocycles. The van der Waals surface area contributed by atoms with Crippen molar-refractivity contribution in [3.63, 3.8) is 0 Å². The molecule has 0 aliphatic carbocycles. The van der Waals surface area contributed by atoms with E-state index in [0.29, 0.717) is 12.3 Å². The van der Waals surface area contributed by atoms with E-state index in [4.69, 9.17) is 10.2 Å². The Labute approximate surface area is 109 Å². The van der Waals surface area contributed by atoms with Crippen molar-refractivity contribution in [1.29, 1.82) is 0 Å². The van der Waals surface area contributed by atoms with Gasteiger partial charge in [0.1, 0.15) is 11.3 Å². The minimum Gasteiger partial charge on any atom is -0.459 e. The van der Waals surface area contributed by atoms with Crippen LogP contribution in [0.2, 0.25) is 0 Å². The summed E-state index contributed by atoms with van der Waals surface area (Å²) in [6, 6.07) is 10.9. The predicted octanol–water partition coefficient (Wildman–Crippen LogP) is 1.69. The molecule has 0 bridgehead atoms. The zero-order valence-corrected chi connectivity index (χ0v) is 10.2. The van der Waals surface area contributed by atoms with E-state index in [9.17, 15) is 4.79 Å².